The van der Waals surface area contributed by atoms with Gasteiger partial charge in [0.15, 0.2) is 17.3 Å². The van der Waals surface area contributed by atoms with E-state index >= 15 is 0 Å². The van der Waals surface area contributed by atoms with Crippen LogP contribution in [-0.2, 0) is 5.54 Å². The van der Waals surface area contributed by atoms with Gasteiger partial charge in [0.25, 0.3) is 5.89 Å². The minimum absolute atomic E-state index is 0. The van der Waals surface area contributed by atoms with E-state index in [4.69, 9.17) is 19.7 Å². The van der Waals surface area contributed by atoms with E-state index in [9.17, 15) is 0 Å². The fourth-order valence-electron chi connectivity index (χ4n) is 2.89. The zero-order valence-corrected chi connectivity index (χ0v) is 15.3. The Labute approximate surface area is 156 Å². The number of H-pyrrole nitrogens is 1. The summed E-state index contributed by atoms with van der Waals surface area (Å²) in [4.78, 5) is 4.42. The third-order valence-corrected chi connectivity index (χ3v) is 4.60. The van der Waals surface area contributed by atoms with Crippen molar-refractivity contribution >= 4 is 12.4 Å². The molecule has 26 heavy (non-hydrogen) atoms. The van der Waals surface area contributed by atoms with Crippen molar-refractivity contribution in [2.75, 3.05) is 14.2 Å². The molecule has 0 spiro atoms. The maximum atomic E-state index is 6.23. The van der Waals surface area contributed by atoms with E-state index in [0.717, 1.165) is 30.5 Å². The van der Waals surface area contributed by atoms with E-state index in [1.165, 1.54) is 0 Å². The van der Waals surface area contributed by atoms with Gasteiger partial charge in [0.05, 0.1) is 25.5 Å². The second-order valence-corrected chi connectivity index (χ2v) is 6.17. The Kier molecular flexibility index (Phi) is 4.88. The summed E-state index contributed by atoms with van der Waals surface area (Å²) in [7, 11) is 3.20. The number of nitrogens with one attached hydrogen (secondary N) is 1. The van der Waals surface area contributed by atoms with Crippen LogP contribution in [0.15, 0.2) is 28.8 Å². The van der Waals surface area contributed by atoms with Gasteiger partial charge in [-0.1, -0.05) is 5.16 Å². The molecular weight excluding hydrogens is 358 g/mol. The highest BCUT2D eigenvalue weighted by molar-refractivity contribution is 5.85. The molecule has 0 atom stereocenters. The van der Waals surface area contributed by atoms with Crippen molar-refractivity contribution in [3.63, 3.8) is 0 Å². The minimum atomic E-state index is -0.450. The average molecular weight is 378 g/mol. The highest BCUT2D eigenvalue weighted by Gasteiger charge is 2.39. The van der Waals surface area contributed by atoms with Crippen LogP contribution < -0.4 is 15.2 Å². The van der Waals surface area contributed by atoms with Crippen molar-refractivity contribution in [2.45, 2.75) is 24.8 Å². The van der Waals surface area contributed by atoms with Crippen molar-refractivity contribution in [3.8, 4) is 34.3 Å². The van der Waals surface area contributed by atoms with Crippen molar-refractivity contribution in [3.05, 3.63) is 30.1 Å². The van der Waals surface area contributed by atoms with Gasteiger partial charge in [-0.3, -0.25) is 5.10 Å². The van der Waals surface area contributed by atoms with Crippen LogP contribution in [0, 0.1) is 0 Å². The third kappa shape index (κ3) is 3.02. The standard InChI is InChI=1S/C17H19N5O3.ClH/c1-23-13-5-4-10(8-14(13)24-2)11-9-12(21-20-11)15-19-16(22-25-15)17(18)6-3-7-17;/h4-5,8-9H,3,6-7,18H2,1-2H3,(H,20,21);1H. The van der Waals surface area contributed by atoms with Crippen molar-refractivity contribution < 1.29 is 14.0 Å². The monoisotopic (exact) mass is 377 g/mol. The first-order valence-electron chi connectivity index (χ1n) is 8.04. The van der Waals surface area contributed by atoms with E-state index in [1.807, 2.05) is 24.3 Å². The summed E-state index contributed by atoms with van der Waals surface area (Å²) in [6.45, 7) is 0. The Morgan fingerprint density at radius 3 is 2.58 bits per heavy atom. The Bertz CT molecular complexity index is 903. The van der Waals surface area contributed by atoms with Gasteiger partial charge in [0, 0.05) is 5.56 Å². The number of aromatic nitrogens is 4. The van der Waals surface area contributed by atoms with E-state index in [1.54, 1.807) is 14.2 Å². The lowest BCUT2D eigenvalue weighted by molar-refractivity contribution is 0.229. The molecular formula is C17H20ClN5O3. The lowest BCUT2D eigenvalue weighted by atomic mass is 9.77. The van der Waals surface area contributed by atoms with Gasteiger partial charge in [-0.15, -0.1) is 12.4 Å². The molecule has 3 aromatic rings. The number of aromatic amines is 1. The van der Waals surface area contributed by atoms with Crippen molar-refractivity contribution in [1.82, 2.24) is 20.3 Å². The molecule has 1 aliphatic carbocycles. The quantitative estimate of drug-likeness (QED) is 0.702. The van der Waals surface area contributed by atoms with Gasteiger partial charge in [-0.25, -0.2) is 0 Å². The van der Waals surface area contributed by atoms with Crippen molar-refractivity contribution in [2.24, 2.45) is 5.73 Å². The predicted octanol–water partition coefficient (Wildman–Crippen LogP) is 2.90. The topological polar surface area (TPSA) is 112 Å². The Morgan fingerprint density at radius 2 is 1.92 bits per heavy atom. The summed E-state index contributed by atoms with van der Waals surface area (Å²) >= 11 is 0. The predicted molar refractivity (Wildman–Crippen MR) is 97.4 cm³/mol. The second-order valence-electron chi connectivity index (χ2n) is 6.17. The molecule has 0 aliphatic heterocycles. The molecule has 1 saturated carbocycles. The van der Waals surface area contributed by atoms with Crippen LogP contribution in [0.1, 0.15) is 25.1 Å². The summed E-state index contributed by atoms with van der Waals surface area (Å²) in [6, 6.07) is 7.45. The van der Waals surface area contributed by atoms with Crippen LogP contribution in [-0.4, -0.2) is 34.6 Å². The Hall–Kier alpha value is -2.58. The Balaban J connectivity index is 0.00000196. The average Bonchev–Trinajstić information content (AvgIpc) is 3.28. The number of nitrogens with two attached hydrogens (primary N) is 1. The molecule has 138 valence electrons. The summed E-state index contributed by atoms with van der Waals surface area (Å²) in [6.07, 6.45) is 2.85. The molecule has 1 fully saturated rings. The summed E-state index contributed by atoms with van der Waals surface area (Å²) < 4.78 is 15.9. The molecule has 8 nitrogen and oxygen atoms in total. The molecule has 0 unspecified atom stereocenters. The first-order chi connectivity index (χ1) is 12.1. The summed E-state index contributed by atoms with van der Waals surface area (Å²) in [5.74, 6) is 2.24. The zero-order valence-electron chi connectivity index (χ0n) is 14.5. The zero-order chi connectivity index (χ0) is 17.4. The molecule has 0 amide bonds. The molecule has 0 bridgehead atoms. The first-order valence-corrected chi connectivity index (χ1v) is 8.04. The molecule has 2 heterocycles. The molecule has 1 aromatic carbocycles. The van der Waals surface area contributed by atoms with Crippen molar-refractivity contribution in [1.29, 1.82) is 0 Å². The van der Waals surface area contributed by atoms with Gasteiger partial charge in [-0.2, -0.15) is 10.1 Å². The SMILES string of the molecule is COc1ccc(-c2cc(-c3nc(C4(N)CCC4)no3)[nH]n2)cc1OC.Cl. The van der Waals surface area contributed by atoms with Gasteiger partial charge in [-0.05, 0) is 43.5 Å². The van der Waals surface area contributed by atoms with E-state index in [2.05, 4.69) is 20.3 Å². The molecule has 0 saturated heterocycles. The van der Waals surface area contributed by atoms with Crippen LogP contribution in [0.5, 0.6) is 11.5 Å². The highest BCUT2D eigenvalue weighted by Crippen LogP contribution is 2.38. The van der Waals surface area contributed by atoms with Crippen LogP contribution in [0.4, 0.5) is 0 Å². The number of hydrogen-bond acceptors (Lipinski definition) is 7. The van der Waals surface area contributed by atoms with Crippen LogP contribution in [0.3, 0.4) is 0 Å². The molecule has 1 aliphatic rings. The smallest absolute Gasteiger partial charge is 0.276 e. The van der Waals surface area contributed by atoms with Gasteiger partial charge < -0.3 is 19.7 Å². The largest absolute Gasteiger partial charge is 0.493 e. The van der Waals surface area contributed by atoms with E-state index in [0.29, 0.717) is 28.9 Å². The highest BCUT2D eigenvalue weighted by atomic mass is 35.5. The second kappa shape index (κ2) is 6.97. The lowest BCUT2D eigenvalue weighted by Gasteiger charge is -2.34. The fraction of sp³-hybridized carbons (Fsp3) is 0.353. The maximum absolute atomic E-state index is 6.23. The first kappa shape index (κ1) is 18.2. The molecule has 4 rings (SSSR count). The fourth-order valence-corrected chi connectivity index (χ4v) is 2.89. The number of benzene rings is 1. The molecule has 9 heteroatoms. The van der Waals surface area contributed by atoms with Crippen LogP contribution >= 0.6 is 12.4 Å². The van der Waals surface area contributed by atoms with Gasteiger partial charge in [0.2, 0.25) is 0 Å². The van der Waals surface area contributed by atoms with E-state index < -0.39 is 5.54 Å². The van der Waals surface area contributed by atoms with E-state index in [-0.39, 0.29) is 12.4 Å². The normalized spacial score (nSPS) is 15.0. The Morgan fingerprint density at radius 1 is 1.15 bits per heavy atom. The summed E-state index contributed by atoms with van der Waals surface area (Å²) in [5.41, 5.74) is 8.05. The maximum Gasteiger partial charge on any atom is 0.276 e. The number of methoxy groups -OCH3 is 2. The number of halogens is 1. The molecule has 3 N–H and O–H groups in total. The lowest BCUT2D eigenvalue weighted by Crippen LogP contribution is -2.44. The van der Waals surface area contributed by atoms with Crippen LogP contribution in [0.25, 0.3) is 22.8 Å². The number of rotatable bonds is 5. The van der Waals surface area contributed by atoms with Gasteiger partial charge in [0.1, 0.15) is 5.69 Å². The summed E-state index contributed by atoms with van der Waals surface area (Å²) in [5, 5.41) is 11.3. The number of ether oxygens (including phenoxy) is 2. The molecule has 0 radical (unpaired) electrons. The van der Waals surface area contributed by atoms with Gasteiger partial charge >= 0.3 is 0 Å². The number of nitrogens with zero attached hydrogens (tertiary/aromatic N) is 3. The number of hydrogen-bond donors (Lipinski definition) is 2. The third-order valence-electron chi connectivity index (χ3n) is 4.60. The molecule has 2 aromatic heterocycles. The minimum Gasteiger partial charge on any atom is -0.493 e. The van der Waals surface area contributed by atoms with Crippen LogP contribution in [0.2, 0.25) is 0 Å².